The summed E-state index contributed by atoms with van der Waals surface area (Å²) in [5.41, 5.74) is 1.98. The van der Waals surface area contributed by atoms with E-state index in [9.17, 15) is 4.39 Å². The summed E-state index contributed by atoms with van der Waals surface area (Å²) in [5.74, 6) is 1.33. The zero-order valence-electron chi connectivity index (χ0n) is 12.6. The Kier molecular flexibility index (Phi) is 3.57. The number of anilines is 1. The summed E-state index contributed by atoms with van der Waals surface area (Å²) in [6.07, 6.45) is 0.887. The van der Waals surface area contributed by atoms with Crippen LogP contribution in [0.3, 0.4) is 0 Å². The van der Waals surface area contributed by atoms with Gasteiger partial charge in [-0.2, -0.15) is 5.10 Å². The zero-order valence-corrected chi connectivity index (χ0v) is 12.6. The second-order valence-electron chi connectivity index (χ2n) is 5.68. The van der Waals surface area contributed by atoms with Crippen molar-refractivity contribution in [1.29, 1.82) is 0 Å². The first-order chi connectivity index (χ1) is 10.1. The maximum Gasteiger partial charge on any atom is 0.165 e. The topological polar surface area (TPSA) is 39.1 Å². The van der Waals surface area contributed by atoms with Gasteiger partial charge in [-0.3, -0.25) is 0 Å². The van der Waals surface area contributed by atoms with Gasteiger partial charge in [0.15, 0.2) is 11.6 Å². The Morgan fingerprint density at radius 2 is 2.19 bits per heavy atom. The van der Waals surface area contributed by atoms with Crippen LogP contribution in [0.5, 0.6) is 5.75 Å². The van der Waals surface area contributed by atoms with E-state index >= 15 is 0 Å². The molecule has 0 radical (unpaired) electrons. The molecule has 2 aromatic rings. The minimum absolute atomic E-state index is 0.0640. The van der Waals surface area contributed by atoms with Gasteiger partial charge in [0, 0.05) is 12.6 Å². The van der Waals surface area contributed by atoms with Gasteiger partial charge >= 0.3 is 0 Å². The van der Waals surface area contributed by atoms with Gasteiger partial charge in [0.1, 0.15) is 5.82 Å². The predicted molar refractivity (Wildman–Crippen MR) is 80.5 cm³/mol. The standard InChI is InChI=1S/C16H20FN3O/c1-10(2)13-9-16-18-7-6-14(20(16)19-13)11-4-5-15(21-3)12(17)8-11/h4-5,8-10,14,18H,6-7H2,1-3H3. The molecule has 0 saturated heterocycles. The lowest BCUT2D eigenvalue weighted by Crippen LogP contribution is -2.24. The monoisotopic (exact) mass is 289 g/mol. The Hall–Kier alpha value is -2.04. The third-order valence-corrected chi connectivity index (χ3v) is 3.93. The Balaban J connectivity index is 1.99. The van der Waals surface area contributed by atoms with E-state index in [1.165, 1.54) is 7.11 Å². The second-order valence-corrected chi connectivity index (χ2v) is 5.68. The van der Waals surface area contributed by atoms with Crippen molar-refractivity contribution in [2.75, 3.05) is 19.0 Å². The van der Waals surface area contributed by atoms with E-state index in [1.54, 1.807) is 12.1 Å². The number of hydrogen-bond acceptors (Lipinski definition) is 3. The van der Waals surface area contributed by atoms with Crippen molar-refractivity contribution in [2.45, 2.75) is 32.2 Å². The van der Waals surface area contributed by atoms with Crippen molar-refractivity contribution in [1.82, 2.24) is 9.78 Å². The van der Waals surface area contributed by atoms with E-state index in [1.807, 2.05) is 10.7 Å². The Labute approximate surface area is 123 Å². The van der Waals surface area contributed by atoms with Gasteiger partial charge in [-0.15, -0.1) is 0 Å². The highest BCUT2D eigenvalue weighted by atomic mass is 19.1. The number of hydrogen-bond donors (Lipinski definition) is 1. The van der Waals surface area contributed by atoms with E-state index in [0.29, 0.717) is 5.92 Å². The van der Waals surface area contributed by atoms with Crippen LogP contribution in [-0.4, -0.2) is 23.4 Å². The molecule has 21 heavy (non-hydrogen) atoms. The molecule has 0 saturated carbocycles. The summed E-state index contributed by atoms with van der Waals surface area (Å²) >= 11 is 0. The van der Waals surface area contributed by atoms with Crippen LogP contribution in [0.15, 0.2) is 24.3 Å². The SMILES string of the molecule is COc1ccc(C2CCNc3cc(C(C)C)nn32)cc1F. The molecule has 2 heterocycles. The molecule has 0 amide bonds. The fourth-order valence-electron chi connectivity index (χ4n) is 2.72. The van der Waals surface area contributed by atoms with Crippen LogP contribution in [0.25, 0.3) is 0 Å². The van der Waals surface area contributed by atoms with Crippen LogP contribution in [0.4, 0.5) is 10.2 Å². The molecule has 5 heteroatoms. The third kappa shape index (κ3) is 2.48. The minimum Gasteiger partial charge on any atom is -0.494 e. The molecule has 1 atom stereocenters. The summed E-state index contributed by atoms with van der Waals surface area (Å²) in [6.45, 7) is 5.11. The van der Waals surface area contributed by atoms with E-state index in [2.05, 4.69) is 30.3 Å². The van der Waals surface area contributed by atoms with Crippen molar-refractivity contribution in [3.05, 3.63) is 41.3 Å². The average Bonchev–Trinajstić information content (AvgIpc) is 2.91. The lowest BCUT2D eigenvalue weighted by molar-refractivity contribution is 0.384. The van der Waals surface area contributed by atoms with Crippen molar-refractivity contribution in [2.24, 2.45) is 0 Å². The van der Waals surface area contributed by atoms with E-state index in [-0.39, 0.29) is 17.6 Å². The molecule has 1 aliphatic heterocycles. The summed E-state index contributed by atoms with van der Waals surface area (Å²) in [5, 5.41) is 8.04. The molecule has 112 valence electrons. The number of halogens is 1. The Bertz CT molecular complexity index is 651. The molecule has 4 nitrogen and oxygen atoms in total. The van der Waals surface area contributed by atoms with Crippen LogP contribution in [-0.2, 0) is 0 Å². The molecular formula is C16H20FN3O. The summed E-state index contributed by atoms with van der Waals surface area (Å²) in [7, 11) is 1.48. The van der Waals surface area contributed by atoms with E-state index in [4.69, 9.17) is 4.74 Å². The third-order valence-electron chi connectivity index (χ3n) is 3.93. The highest BCUT2D eigenvalue weighted by Crippen LogP contribution is 2.33. The Morgan fingerprint density at radius 3 is 2.86 bits per heavy atom. The van der Waals surface area contributed by atoms with Gasteiger partial charge in [0.25, 0.3) is 0 Å². The molecule has 0 bridgehead atoms. The number of benzene rings is 1. The number of fused-ring (bicyclic) bond motifs is 1. The fourth-order valence-corrected chi connectivity index (χ4v) is 2.72. The lowest BCUT2D eigenvalue weighted by Gasteiger charge is -2.26. The molecule has 1 N–H and O–H groups in total. The number of ether oxygens (including phenoxy) is 1. The second kappa shape index (κ2) is 5.39. The number of nitrogens with one attached hydrogen (secondary N) is 1. The number of nitrogens with zero attached hydrogens (tertiary/aromatic N) is 2. The molecule has 0 aliphatic carbocycles. The van der Waals surface area contributed by atoms with Crippen LogP contribution in [0, 0.1) is 5.82 Å². The van der Waals surface area contributed by atoms with Gasteiger partial charge in [-0.05, 0) is 30.0 Å². The molecule has 1 aromatic heterocycles. The Morgan fingerprint density at radius 1 is 1.38 bits per heavy atom. The summed E-state index contributed by atoms with van der Waals surface area (Å²) in [4.78, 5) is 0. The highest BCUT2D eigenvalue weighted by Gasteiger charge is 2.24. The van der Waals surface area contributed by atoms with Gasteiger partial charge in [0.05, 0.1) is 18.8 Å². The first-order valence-corrected chi connectivity index (χ1v) is 7.27. The first-order valence-electron chi connectivity index (χ1n) is 7.27. The molecule has 1 unspecified atom stereocenters. The normalized spacial score (nSPS) is 17.5. The van der Waals surface area contributed by atoms with Crippen LogP contribution < -0.4 is 10.1 Å². The van der Waals surface area contributed by atoms with Crippen LogP contribution in [0.2, 0.25) is 0 Å². The molecule has 0 spiro atoms. The predicted octanol–water partition coefficient (Wildman–Crippen LogP) is 3.56. The zero-order chi connectivity index (χ0) is 15.0. The number of methoxy groups -OCH3 is 1. The van der Waals surface area contributed by atoms with Crippen molar-refractivity contribution >= 4 is 5.82 Å². The molecule has 0 fully saturated rings. The largest absolute Gasteiger partial charge is 0.494 e. The first kappa shape index (κ1) is 13.9. The van der Waals surface area contributed by atoms with E-state index < -0.39 is 0 Å². The molecule has 3 rings (SSSR count). The smallest absolute Gasteiger partial charge is 0.165 e. The van der Waals surface area contributed by atoms with Crippen molar-refractivity contribution in [3.63, 3.8) is 0 Å². The lowest BCUT2D eigenvalue weighted by atomic mass is 10.0. The average molecular weight is 289 g/mol. The molecular weight excluding hydrogens is 269 g/mol. The molecule has 1 aromatic carbocycles. The van der Waals surface area contributed by atoms with Gasteiger partial charge in [0.2, 0.25) is 0 Å². The number of aromatic nitrogens is 2. The van der Waals surface area contributed by atoms with Crippen LogP contribution in [0.1, 0.15) is 43.5 Å². The highest BCUT2D eigenvalue weighted by molar-refractivity contribution is 5.42. The van der Waals surface area contributed by atoms with Gasteiger partial charge in [-0.25, -0.2) is 9.07 Å². The maximum atomic E-state index is 13.9. The summed E-state index contributed by atoms with van der Waals surface area (Å²) in [6, 6.07) is 7.29. The summed E-state index contributed by atoms with van der Waals surface area (Å²) < 4.78 is 20.9. The maximum absolute atomic E-state index is 13.9. The van der Waals surface area contributed by atoms with Gasteiger partial charge in [-0.1, -0.05) is 19.9 Å². The quantitative estimate of drug-likeness (QED) is 0.939. The molecule has 1 aliphatic rings. The van der Waals surface area contributed by atoms with Crippen LogP contribution >= 0.6 is 0 Å². The van der Waals surface area contributed by atoms with Gasteiger partial charge < -0.3 is 10.1 Å². The van der Waals surface area contributed by atoms with Crippen molar-refractivity contribution < 1.29 is 9.13 Å². The minimum atomic E-state index is -0.327. The fraction of sp³-hybridized carbons (Fsp3) is 0.438. The van der Waals surface area contributed by atoms with Crippen molar-refractivity contribution in [3.8, 4) is 5.75 Å². The van der Waals surface area contributed by atoms with E-state index in [0.717, 1.165) is 30.0 Å². The number of rotatable bonds is 3.